The lowest BCUT2D eigenvalue weighted by Crippen LogP contribution is -2.54. The Labute approximate surface area is 314 Å². The SMILES string of the molecule is C=C/C=C\C(=C/CCC)CNCC[C@H](Cc1cc(F)cc(F)c1)NC(=O)C(CS(=O)(=O)C(CCC)CCC)NC(=O)c1cc(OC)c(OC)c(OC)c1. The summed E-state index contributed by atoms with van der Waals surface area (Å²) in [6.45, 7) is 10.5. The maximum Gasteiger partial charge on any atom is 0.252 e. The number of benzene rings is 2. The van der Waals surface area contributed by atoms with Crippen molar-refractivity contribution in [2.24, 2.45) is 0 Å². The average Bonchev–Trinajstić information content (AvgIpc) is 3.12. The van der Waals surface area contributed by atoms with Crippen LogP contribution in [0, 0.1) is 11.6 Å². The Morgan fingerprint density at radius 3 is 2.02 bits per heavy atom. The summed E-state index contributed by atoms with van der Waals surface area (Å²) in [5, 5.41) is 8.18. The molecule has 0 radical (unpaired) electrons. The summed E-state index contributed by atoms with van der Waals surface area (Å²) in [5.74, 6) is -3.03. The highest BCUT2D eigenvalue weighted by Crippen LogP contribution is 2.38. The molecule has 2 amide bonds. The minimum atomic E-state index is -3.88. The molecule has 2 aromatic carbocycles. The van der Waals surface area contributed by atoms with Crippen LogP contribution in [-0.2, 0) is 21.1 Å². The van der Waals surface area contributed by atoms with Gasteiger partial charge in [0.15, 0.2) is 21.3 Å². The second-order valence-corrected chi connectivity index (χ2v) is 15.1. The molecule has 0 heterocycles. The van der Waals surface area contributed by atoms with Crippen molar-refractivity contribution in [2.45, 2.75) is 89.5 Å². The fourth-order valence-electron chi connectivity index (χ4n) is 5.92. The van der Waals surface area contributed by atoms with Gasteiger partial charge >= 0.3 is 0 Å². The van der Waals surface area contributed by atoms with E-state index in [4.69, 9.17) is 14.2 Å². The third kappa shape index (κ3) is 15.0. The fraction of sp³-hybridized carbons (Fsp3) is 0.500. The zero-order chi connectivity index (χ0) is 39.4. The van der Waals surface area contributed by atoms with Gasteiger partial charge in [-0.1, -0.05) is 70.9 Å². The molecular formula is C40H57F2N3O7S. The van der Waals surface area contributed by atoms with Crippen LogP contribution < -0.4 is 30.2 Å². The van der Waals surface area contributed by atoms with Crippen LogP contribution in [0.15, 0.2) is 66.8 Å². The van der Waals surface area contributed by atoms with Crippen molar-refractivity contribution >= 4 is 21.7 Å². The number of unbranched alkanes of at least 4 members (excludes halogenated alkanes) is 1. The molecule has 0 saturated carbocycles. The van der Waals surface area contributed by atoms with E-state index in [1.807, 2.05) is 26.0 Å². The number of nitrogens with one attached hydrogen (secondary N) is 3. The third-order valence-corrected chi connectivity index (χ3v) is 10.9. The van der Waals surface area contributed by atoms with Gasteiger partial charge < -0.3 is 30.2 Å². The van der Waals surface area contributed by atoms with Crippen LogP contribution in [-0.4, -0.2) is 77.7 Å². The van der Waals surface area contributed by atoms with Gasteiger partial charge in [0.05, 0.1) is 32.3 Å². The molecule has 0 aromatic heterocycles. The van der Waals surface area contributed by atoms with Crippen LogP contribution in [0.1, 0.15) is 81.6 Å². The number of ether oxygens (including phenoxy) is 3. The van der Waals surface area contributed by atoms with E-state index in [1.54, 1.807) is 6.08 Å². The van der Waals surface area contributed by atoms with Gasteiger partial charge in [0.1, 0.15) is 17.7 Å². The molecule has 0 saturated heterocycles. The minimum absolute atomic E-state index is 0.0433. The molecule has 0 fully saturated rings. The molecule has 294 valence electrons. The first-order chi connectivity index (χ1) is 25.3. The van der Waals surface area contributed by atoms with Gasteiger partial charge in [-0.25, -0.2) is 17.2 Å². The highest BCUT2D eigenvalue weighted by molar-refractivity contribution is 7.92. The Morgan fingerprint density at radius 2 is 1.49 bits per heavy atom. The molecule has 3 N–H and O–H groups in total. The van der Waals surface area contributed by atoms with E-state index in [1.165, 1.54) is 45.6 Å². The Kier molecular flexibility index (Phi) is 19.9. The lowest BCUT2D eigenvalue weighted by atomic mass is 10.0. The van der Waals surface area contributed by atoms with Crippen molar-refractivity contribution in [2.75, 3.05) is 40.2 Å². The van der Waals surface area contributed by atoms with Crippen molar-refractivity contribution in [3.63, 3.8) is 0 Å². The Morgan fingerprint density at radius 1 is 0.868 bits per heavy atom. The molecule has 2 atom stereocenters. The van der Waals surface area contributed by atoms with E-state index in [9.17, 15) is 26.8 Å². The average molecular weight is 762 g/mol. The lowest BCUT2D eigenvalue weighted by Gasteiger charge is -2.26. The zero-order valence-corrected chi connectivity index (χ0v) is 32.8. The molecule has 2 aromatic rings. The number of rotatable bonds is 25. The predicted molar refractivity (Wildman–Crippen MR) is 207 cm³/mol. The second kappa shape index (κ2) is 23.4. The van der Waals surface area contributed by atoms with Gasteiger partial charge in [-0.2, -0.15) is 0 Å². The van der Waals surface area contributed by atoms with Crippen LogP contribution in [0.4, 0.5) is 8.78 Å². The van der Waals surface area contributed by atoms with E-state index >= 15 is 0 Å². The summed E-state index contributed by atoms with van der Waals surface area (Å²) in [7, 11) is 0.318. The maximum atomic E-state index is 14.2. The number of halogens is 2. The first kappa shape index (κ1) is 44.9. The fourth-order valence-corrected chi connectivity index (χ4v) is 8.08. The quantitative estimate of drug-likeness (QED) is 0.0758. The summed E-state index contributed by atoms with van der Waals surface area (Å²) < 4.78 is 72.2. The monoisotopic (exact) mass is 761 g/mol. The second-order valence-electron chi connectivity index (χ2n) is 12.8. The van der Waals surface area contributed by atoms with E-state index < -0.39 is 56.4 Å². The van der Waals surface area contributed by atoms with Crippen molar-refractivity contribution in [1.82, 2.24) is 16.0 Å². The Bertz CT molecular complexity index is 1610. The van der Waals surface area contributed by atoms with Crippen molar-refractivity contribution in [1.29, 1.82) is 0 Å². The predicted octanol–water partition coefficient (Wildman–Crippen LogP) is 6.65. The van der Waals surface area contributed by atoms with Crippen LogP contribution in [0.25, 0.3) is 0 Å². The van der Waals surface area contributed by atoms with Gasteiger partial charge in [0, 0.05) is 24.2 Å². The number of carbonyl (C=O) groups is 2. The highest BCUT2D eigenvalue weighted by atomic mass is 32.2. The summed E-state index contributed by atoms with van der Waals surface area (Å²) in [5.41, 5.74) is 1.40. The van der Waals surface area contributed by atoms with Gasteiger partial charge in [0.25, 0.3) is 5.91 Å². The molecule has 1 unspecified atom stereocenters. The molecule has 0 bridgehead atoms. The van der Waals surface area contributed by atoms with Crippen LogP contribution in [0.3, 0.4) is 0 Å². The molecule has 0 aliphatic carbocycles. The van der Waals surface area contributed by atoms with Crippen LogP contribution in [0.2, 0.25) is 0 Å². The number of sulfone groups is 1. The molecule has 53 heavy (non-hydrogen) atoms. The van der Waals surface area contributed by atoms with Crippen molar-refractivity contribution in [3.05, 3.63) is 89.5 Å². The largest absolute Gasteiger partial charge is 0.493 e. The number of allylic oxidation sites excluding steroid dienone is 3. The number of carbonyl (C=O) groups excluding carboxylic acids is 2. The first-order valence-electron chi connectivity index (χ1n) is 18.1. The van der Waals surface area contributed by atoms with E-state index in [0.717, 1.165) is 24.5 Å². The van der Waals surface area contributed by atoms with E-state index in [0.29, 0.717) is 50.8 Å². The smallest absolute Gasteiger partial charge is 0.252 e. The first-order valence-corrected chi connectivity index (χ1v) is 19.8. The van der Waals surface area contributed by atoms with Gasteiger partial charge in [-0.05, 0) is 74.1 Å². The van der Waals surface area contributed by atoms with Crippen LogP contribution in [0.5, 0.6) is 17.2 Å². The number of amides is 2. The zero-order valence-electron chi connectivity index (χ0n) is 31.9. The minimum Gasteiger partial charge on any atom is -0.493 e. The van der Waals surface area contributed by atoms with Crippen molar-refractivity contribution in [3.8, 4) is 17.2 Å². The Hall–Kier alpha value is -4.23. The molecule has 10 nitrogen and oxygen atoms in total. The lowest BCUT2D eigenvalue weighted by molar-refractivity contribution is -0.123. The molecule has 0 aliphatic heterocycles. The highest BCUT2D eigenvalue weighted by Gasteiger charge is 2.33. The van der Waals surface area contributed by atoms with Gasteiger partial charge in [-0.3, -0.25) is 9.59 Å². The number of hydrogen-bond donors (Lipinski definition) is 3. The van der Waals surface area contributed by atoms with E-state index in [-0.39, 0.29) is 29.2 Å². The van der Waals surface area contributed by atoms with Crippen molar-refractivity contribution < 1.29 is 41.0 Å². The molecule has 2 rings (SSSR count). The topological polar surface area (TPSA) is 132 Å². The summed E-state index contributed by atoms with van der Waals surface area (Å²) in [4.78, 5) is 27.9. The maximum absolute atomic E-state index is 14.2. The summed E-state index contributed by atoms with van der Waals surface area (Å²) >= 11 is 0. The number of hydrogen-bond acceptors (Lipinski definition) is 8. The molecule has 0 aliphatic rings. The Balaban J connectivity index is 2.48. The number of methoxy groups -OCH3 is 3. The summed E-state index contributed by atoms with van der Waals surface area (Å²) in [6, 6.07) is 3.76. The summed E-state index contributed by atoms with van der Waals surface area (Å²) in [6.07, 6.45) is 11.9. The van der Waals surface area contributed by atoms with Gasteiger partial charge in [0.2, 0.25) is 11.7 Å². The molecule has 13 heteroatoms. The molecular weight excluding hydrogens is 705 g/mol. The van der Waals surface area contributed by atoms with E-state index in [2.05, 4.69) is 35.5 Å². The normalized spacial score (nSPS) is 13.1. The van der Waals surface area contributed by atoms with Gasteiger partial charge in [-0.15, -0.1) is 0 Å². The third-order valence-electron chi connectivity index (χ3n) is 8.57. The standard InChI is InChI=1S/C40H57F2N3O7S/c1-8-12-16-28(17-13-9-2)26-43-19-18-33(22-29-20-31(41)25-32(42)21-29)44-40(47)35(27-53(48,49)34(14-10-3)15-11-4)45-39(46)30-23-36(50-5)38(52-7)37(24-30)51-6/h8,12,16-17,20-21,23-25,33-35,43H,1,9-11,13-15,18-19,22,26-27H2,2-7H3,(H,44,47)(H,45,46)/b16-12-,28-17+/t33-,35?/m1/s1. The van der Waals surface area contributed by atoms with Crippen LogP contribution >= 0.6 is 0 Å². The molecule has 0 spiro atoms.